The van der Waals surface area contributed by atoms with Crippen LogP contribution in [0.2, 0.25) is 0 Å². The number of sulfone groups is 1. The van der Waals surface area contributed by atoms with E-state index in [9.17, 15) is 13.2 Å². The van der Waals surface area contributed by atoms with Gasteiger partial charge in [0.25, 0.3) is 0 Å². The molecule has 1 aliphatic heterocycles. The number of nitrogens with zero attached hydrogens (tertiary/aromatic N) is 2. The van der Waals surface area contributed by atoms with Crippen LogP contribution in [0.25, 0.3) is 11.4 Å². The topological polar surface area (TPSA) is 111 Å². The average molecular weight is 383 g/mol. The van der Waals surface area contributed by atoms with E-state index in [4.69, 9.17) is 9.47 Å². The molecule has 0 saturated carbocycles. The van der Waals surface area contributed by atoms with Crippen molar-refractivity contribution in [3.63, 3.8) is 0 Å². The van der Waals surface area contributed by atoms with Crippen molar-refractivity contribution in [3.8, 4) is 17.1 Å². The molecule has 8 nitrogen and oxygen atoms in total. The third-order valence-electron chi connectivity index (χ3n) is 3.64. The Balaban J connectivity index is 1.52. The first-order chi connectivity index (χ1) is 11.9. The van der Waals surface area contributed by atoms with E-state index in [0.717, 1.165) is 23.1 Å². The van der Waals surface area contributed by atoms with Crippen molar-refractivity contribution in [3.05, 3.63) is 24.3 Å². The van der Waals surface area contributed by atoms with E-state index in [1.807, 2.05) is 24.3 Å². The minimum Gasteiger partial charge on any atom is -0.497 e. The highest BCUT2D eigenvalue weighted by molar-refractivity contribution is 7.99. The number of hydrogen-bond acceptors (Lipinski definition) is 8. The minimum atomic E-state index is -3.06. The van der Waals surface area contributed by atoms with Crippen molar-refractivity contribution in [1.82, 2.24) is 15.2 Å². The van der Waals surface area contributed by atoms with Gasteiger partial charge in [0, 0.05) is 5.56 Å². The summed E-state index contributed by atoms with van der Waals surface area (Å²) in [5.74, 6) is 0.865. The number of H-pyrrole nitrogens is 1. The van der Waals surface area contributed by atoms with Gasteiger partial charge in [-0.1, -0.05) is 11.8 Å². The van der Waals surface area contributed by atoms with Crippen LogP contribution in [-0.2, 0) is 19.4 Å². The lowest BCUT2D eigenvalue weighted by Gasteiger charge is -2.08. The zero-order chi connectivity index (χ0) is 17.9. The molecule has 1 fully saturated rings. The van der Waals surface area contributed by atoms with E-state index >= 15 is 0 Å². The molecule has 0 aliphatic carbocycles. The van der Waals surface area contributed by atoms with Gasteiger partial charge in [-0.25, -0.2) is 13.4 Å². The molecule has 0 spiro atoms. The monoisotopic (exact) mass is 383 g/mol. The summed E-state index contributed by atoms with van der Waals surface area (Å²) in [6, 6.07) is 7.33. The third-order valence-corrected chi connectivity index (χ3v) is 6.19. The Hall–Kier alpha value is -2.07. The SMILES string of the molecule is COc1ccc(-c2nc(SCC(=O)O[C@@H]3CCS(=O)(=O)C3)n[nH]2)cc1. The van der Waals surface area contributed by atoms with Gasteiger partial charge in [-0.05, 0) is 30.7 Å². The number of esters is 1. The van der Waals surface area contributed by atoms with E-state index < -0.39 is 21.9 Å². The maximum Gasteiger partial charge on any atom is 0.316 e. The lowest BCUT2D eigenvalue weighted by Crippen LogP contribution is -2.20. The van der Waals surface area contributed by atoms with Crippen LogP contribution in [0.3, 0.4) is 0 Å². The number of rotatable bonds is 6. The maximum atomic E-state index is 11.8. The summed E-state index contributed by atoms with van der Waals surface area (Å²) in [7, 11) is -1.47. The Bertz CT molecular complexity index is 848. The van der Waals surface area contributed by atoms with Crippen LogP contribution in [0.15, 0.2) is 29.4 Å². The molecule has 1 aliphatic rings. The fraction of sp³-hybridized carbons (Fsp3) is 0.400. The first-order valence-corrected chi connectivity index (χ1v) is 10.4. The number of carbonyl (C=O) groups is 1. The lowest BCUT2D eigenvalue weighted by molar-refractivity contribution is -0.144. The van der Waals surface area contributed by atoms with Crippen LogP contribution in [0.4, 0.5) is 0 Å². The molecule has 1 atom stereocenters. The van der Waals surface area contributed by atoms with Crippen molar-refractivity contribution < 1.29 is 22.7 Å². The van der Waals surface area contributed by atoms with Gasteiger partial charge in [0.05, 0.1) is 24.4 Å². The smallest absolute Gasteiger partial charge is 0.316 e. The summed E-state index contributed by atoms with van der Waals surface area (Å²) in [5, 5.41) is 7.29. The molecule has 2 aromatic rings. The van der Waals surface area contributed by atoms with Crippen LogP contribution < -0.4 is 4.74 Å². The summed E-state index contributed by atoms with van der Waals surface area (Å²) >= 11 is 1.13. The van der Waals surface area contributed by atoms with Gasteiger partial charge in [-0.2, -0.15) is 0 Å². The predicted molar refractivity (Wildman–Crippen MR) is 92.2 cm³/mol. The molecule has 134 valence electrons. The Kier molecular flexibility index (Phi) is 5.28. The number of aromatic nitrogens is 3. The standard InChI is InChI=1S/C15H17N3O5S2/c1-22-11-4-2-10(3-5-11)14-16-15(18-17-14)24-8-13(19)23-12-6-7-25(20,21)9-12/h2-5,12H,6-9H2,1H3,(H,16,17,18)/t12-/m1/s1. The second kappa shape index (κ2) is 7.44. The van der Waals surface area contributed by atoms with Crippen molar-refractivity contribution in [1.29, 1.82) is 0 Å². The number of methoxy groups -OCH3 is 1. The average Bonchev–Trinajstić information content (AvgIpc) is 3.19. The van der Waals surface area contributed by atoms with Gasteiger partial charge >= 0.3 is 5.97 Å². The molecule has 1 aromatic carbocycles. The van der Waals surface area contributed by atoms with Crippen LogP contribution in [0, 0.1) is 0 Å². The van der Waals surface area contributed by atoms with E-state index in [1.54, 1.807) is 7.11 Å². The number of thioether (sulfide) groups is 1. The molecule has 0 amide bonds. The largest absolute Gasteiger partial charge is 0.497 e. The number of nitrogens with one attached hydrogen (secondary N) is 1. The number of ether oxygens (including phenoxy) is 2. The summed E-state index contributed by atoms with van der Waals surface area (Å²) < 4.78 is 33.0. The number of benzene rings is 1. The number of carbonyl (C=O) groups excluding carboxylic acids is 1. The molecular formula is C15H17N3O5S2. The summed E-state index contributed by atoms with van der Waals surface area (Å²) in [6.07, 6.45) is -0.179. The van der Waals surface area contributed by atoms with Crippen molar-refractivity contribution in [2.45, 2.75) is 17.7 Å². The Morgan fingerprint density at radius 2 is 2.12 bits per heavy atom. The number of hydrogen-bond donors (Lipinski definition) is 1. The highest BCUT2D eigenvalue weighted by atomic mass is 32.2. The van der Waals surface area contributed by atoms with Gasteiger partial charge < -0.3 is 9.47 Å². The van der Waals surface area contributed by atoms with Crippen LogP contribution in [-0.4, -0.2) is 60.0 Å². The summed E-state index contributed by atoms with van der Waals surface area (Å²) in [6.45, 7) is 0. The molecule has 0 radical (unpaired) electrons. The van der Waals surface area contributed by atoms with Gasteiger partial charge in [0.2, 0.25) is 5.16 Å². The van der Waals surface area contributed by atoms with Crippen LogP contribution in [0.5, 0.6) is 5.75 Å². The molecule has 1 N–H and O–H groups in total. The molecule has 0 bridgehead atoms. The molecule has 1 aromatic heterocycles. The molecule has 1 saturated heterocycles. The molecule has 10 heteroatoms. The van der Waals surface area contributed by atoms with Crippen LogP contribution in [0.1, 0.15) is 6.42 Å². The highest BCUT2D eigenvalue weighted by Gasteiger charge is 2.30. The first kappa shape index (κ1) is 17.7. The van der Waals surface area contributed by atoms with E-state index in [1.165, 1.54) is 0 Å². The third kappa shape index (κ3) is 4.73. The number of aromatic amines is 1. The molecule has 25 heavy (non-hydrogen) atoms. The normalized spacial score (nSPS) is 18.8. The first-order valence-electron chi connectivity index (χ1n) is 7.55. The highest BCUT2D eigenvalue weighted by Crippen LogP contribution is 2.22. The summed E-state index contributed by atoms with van der Waals surface area (Å²) in [4.78, 5) is 16.1. The molecule has 3 rings (SSSR count). The van der Waals surface area contributed by atoms with Crippen molar-refractivity contribution in [2.24, 2.45) is 0 Å². The summed E-state index contributed by atoms with van der Waals surface area (Å²) in [5.41, 5.74) is 0.846. The van der Waals surface area contributed by atoms with E-state index in [0.29, 0.717) is 17.4 Å². The quantitative estimate of drug-likeness (QED) is 0.587. The molecule has 0 unspecified atom stereocenters. The Morgan fingerprint density at radius 3 is 2.76 bits per heavy atom. The van der Waals surface area contributed by atoms with E-state index in [-0.39, 0.29) is 17.3 Å². The van der Waals surface area contributed by atoms with Gasteiger partial charge in [0.15, 0.2) is 15.7 Å². The van der Waals surface area contributed by atoms with Gasteiger partial charge in [0.1, 0.15) is 11.9 Å². The van der Waals surface area contributed by atoms with Gasteiger partial charge in [-0.3, -0.25) is 9.89 Å². The second-order valence-electron chi connectivity index (χ2n) is 5.50. The molecular weight excluding hydrogens is 366 g/mol. The second-order valence-corrected chi connectivity index (χ2v) is 8.67. The fourth-order valence-electron chi connectivity index (χ4n) is 2.39. The zero-order valence-corrected chi connectivity index (χ0v) is 15.1. The maximum absolute atomic E-state index is 11.8. The Morgan fingerprint density at radius 1 is 1.36 bits per heavy atom. The predicted octanol–water partition coefficient (Wildman–Crippen LogP) is 1.30. The van der Waals surface area contributed by atoms with Crippen molar-refractivity contribution in [2.75, 3.05) is 24.4 Å². The fourth-order valence-corrected chi connectivity index (χ4v) is 4.56. The van der Waals surface area contributed by atoms with Crippen molar-refractivity contribution >= 4 is 27.6 Å². The van der Waals surface area contributed by atoms with Crippen LogP contribution >= 0.6 is 11.8 Å². The van der Waals surface area contributed by atoms with Gasteiger partial charge in [-0.15, -0.1) is 5.10 Å². The minimum absolute atomic E-state index is 0.0243. The zero-order valence-electron chi connectivity index (χ0n) is 13.5. The lowest BCUT2D eigenvalue weighted by atomic mass is 10.2. The van der Waals surface area contributed by atoms with E-state index in [2.05, 4.69) is 15.2 Å². The Labute approximate surface area is 149 Å². The molecule has 2 heterocycles.